The molecule has 0 aliphatic heterocycles. The summed E-state index contributed by atoms with van der Waals surface area (Å²) in [4.78, 5) is 8.52. The third-order valence-electron chi connectivity index (χ3n) is 3.51. The van der Waals surface area contributed by atoms with E-state index in [0.29, 0.717) is 12.3 Å². The van der Waals surface area contributed by atoms with Crippen molar-refractivity contribution in [2.45, 2.75) is 39.0 Å². The first kappa shape index (κ1) is 14.7. The molecule has 20 heavy (non-hydrogen) atoms. The van der Waals surface area contributed by atoms with Gasteiger partial charge in [-0.2, -0.15) is 4.98 Å². The zero-order chi connectivity index (χ0) is 14.2. The van der Waals surface area contributed by atoms with Crippen LogP contribution >= 0.6 is 0 Å². The molecule has 0 radical (unpaired) electrons. The maximum absolute atomic E-state index is 5.61. The molecule has 5 heteroatoms. The topological polar surface area (TPSA) is 77.8 Å². The van der Waals surface area contributed by atoms with E-state index in [-0.39, 0.29) is 0 Å². The van der Waals surface area contributed by atoms with Crippen LogP contribution in [0.5, 0.6) is 0 Å². The maximum atomic E-state index is 5.61. The predicted octanol–water partition coefficient (Wildman–Crippen LogP) is 2.36. The average molecular weight is 274 g/mol. The van der Waals surface area contributed by atoms with Gasteiger partial charge in [-0.1, -0.05) is 24.6 Å². The van der Waals surface area contributed by atoms with Gasteiger partial charge in [-0.15, -0.1) is 0 Å². The summed E-state index contributed by atoms with van der Waals surface area (Å²) in [5.41, 5.74) is 6.70. The second-order valence-corrected chi connectivity index (χ2v) is 5.03. The minimum atomic E-state index is 0.647. The minimum absolute atomic E-state index is 0.647. The molecule has 0 amide bonds. The molecular formula is C15H22N4O. The smallest absolute Gasteiger partial charge is 0.226 e. The van der Waals surface area contributed by atoms with E-state index in [4.69, 9.17) is 10.3 Å². The lowest BCUT2D eigenvalue weighted by atomic mass is 9.97. The quantitative estimate of drug-likeness (QED) is 0.799. The van der Waals surface area contributed by atoms with Crippen molar-refractivity contribution in [3.63, 3.8) is 0 Å². The van der Waals surface area contributed by atoms with Gasteiger partial charge in [0.15, 0.2) is 5.82 Å². The number of aryl methyl sites for hydroxylation is 1. The van der Waals surface area contributed by atoms with Crippen LogP contribution in [0.4, 0.5) is 0 Å². The molecule has 2 heterocycles. The van der Waals surface area contributed by atoms with Crippen molar-refractivity contribution in [3.05, 3.63) is 41.8 Å². The highest BCUT2D eigenvalue weighted by Crippen LogP contribution is 2.15. The molecule has 0 saturated heterocycles. The number of rotatable bonds is 8. The number of aromatic nitrogens is 3. The van der Waals surface area contributed by atoms with Crippen LogP contribution in [-0.4, -0.2) is 21.7 Å². The third-order valence-corrected chi connectivity index (χ3v) is 3.51. The Bertz CT molecular complexity index is 498. The second-order valence-electron chi connectivity index (χ2n) is 5.03. The molecule has 0 aromatic carbocycles. The van der Waals surface area contributed by atoms with Crippen LogP contribution < -0.4 is 5.73 Å². The van der Waals surface area contributed by atoms with Crippen LogP contribution in [0.1, 0.15) is 43.5 Å². The van der Waals surface area contributed by atoms with Gasteiger partial charge in [0.25, 0.3) is 0 Å². The van der Waals surface area contributed by atoms with E-state index in [1.54, 1.807) is 6.20 Å². The summed E-state index contributed by atoms with van der Waals surface area (Å²) in [5, 5.41) is 4.02. The van der Waals surface area contributed by atoms with Crippen molar-refractivity contribution < 1.29 is 4.52 Å². The van der Waals surface area contributed by atoms with Gasteiger partial charge in [0.1, 0.15) is 0 Å². The summed E-state index contributed by atoms with van der Waals surface area (Å²) in [6, 6.07) is 3.92. The Hall–Kier alpha value is -1.75. The summed E-state index contributed by atoms with van der Waals surface area (Å²) in [5.74, 6) is 2.09. The van der Waals surface area contributed by atoms with Crippen molar-refractivity contribution >= 4 is 0 Å². The van der Waals surface area contributed by atoms with Gasteiger partial charge in [0.2, 0.25) is 5.89 Å². The summed E-state index contributed by atoms with van der Waals surface area (Å²) in [6.07, 6.45) is 8.34. The zero-order valence-electron chi connectivity index (χ0n) is 12.0. The lowest BCUT2D eigenvalue weighted by Gasteiger charge is -2.11. The van der Waals surface area contributed by atoms with Gasteiger partial charge in [-0.3, -0.25) is 4.98 Å². The molecule has 0 spiro atoms. The Morgan fingerprint density at radius 2 is 2.25 bits per heavy atom. The van der Waals surface area contributed by atoms with Gasteiger partial charge in [-0.05, 0) is 36.9 Å². The van der Waals surface area contributed by atoms with E-state index in [9.17, 15) is 0 Å². The van der Waals surface area contributed by atoms with Crippen molar-refractivity contribution in [3.8, 4) is 0 Å². The lowest BCUT2D eigenvalue weighted by Crippen LogP contribution is -2.09. The SMILES string of the molecule is CCC(CCN)CCc1nc(Cc2cccnc2)no1. The Balaban J connectivity index is 1.86. The van der Waals surface area contributed by atoms with Crippen LogP contribution in [0, 0.1) is 5.92 Å². The van der Waals surface area contributed by atoms with Gasteiger partial charge in [0, 0.05) is 25.2 Å². The molecule has 1 unspecified atom stereocenters. The van der Waals surface area contributed by atoms with Crippen molar-refractivity contribution in [1.29, 1.82) is 0 Å². The van der Waals surface area contributed by atoms with E-state index < -0.39 is 0 Å². The van der Waals surface area contributed by atoms with Crippen molar-refractivity contribution in [2.24, 2.45) is 11.7 Å². The lowest BCUT2D eigenvalue weighted by molar-refractivity contribution is 0.351. The van der Waals surface area contributed by atoms with Crippen molar-refractivity contribution in [1.82, 2.24) is 15.1 Å². The minimum Gasteiger partial charge on any atom is -0.339 e. The first-order valence-electron chi connectivity index (χ1n) is 7.22. The molecule has 108 valence electrons. The Kier molecular flexibility index (Phi) is 5.68. The van der Waals surface area contributed by atoms with Crippen LogP contribution in [-0.2, 0) is 12.8 Å². The van der Waals surface area contributed by atoms with Crippen LogP contribution in [0.15, 0.2) is 29.0 Å². The number of nitrogens with two attached hydrogens (primary N) is 1. The molecule has 0 saturated carbocycles. The molecule has 2 rings (SSSR count). The van der Waals surface area contributed by atoms with Crippen molar-refractivity contribution in [2.75, 3.05) is 6.54 Å². The molecular weight excluding hydrogens is 252 g/mol. The molecule has 5 nitrogen and oxygen atoms in total. The van der Waals surface area contributed by atoms with E-state index >= 15 is 0 Å². The average Bonchev–Trinajstić information content (AvgIpc) is 2.92. The number of nitrogens with zero attached hydrogens (tertiary/aromatic N) is 3. The predicted molar refractivity (Wildman–Crippen MR) is 77.1 cm³/mol. The highest BCUT2D eigenvalue weighted by molar-refractivity contribution is 5.13. The normalized spacial score (nSPS) is 12.5. The van der Waals surface area contributed by atoms with E-state index in [1.165, 1.54) is 0 Å². The van der Waals surface area contributed by atoms with Gasteiger partial charge in [0.05, 0.1) is 0 Å². The third kappa shape index (κ3) is 4.42. The molecule has 0 fully saturated rings. The Labute approximate surface area is 119 Å². The molecule has 0 aliphatic rings. The monoisotopic (exact) mass is 274 g/mol. The van der Waals surface area contributed by atoms with Gasteiger partial charge in [-0.25, -0.2) is 0 Å². The largest absolute Gasteiger partial charge is 0.339 e. The number of hydrogen-bond donors (Lipinski definition) is 1. The summed E-state index contributed by atoms with van der Waals surface area (Å²) in [7, 11) is 0. The van der Waals surface area contributed by atoms with Crippen LogP contribution in [0.2, 0.25) is 0 Å². The summed E-state index contributed by atoms with van der Waals surface area (Å²) < 4.78 is 5.30. The number of hydrogen-bond acceptors (Lipinski definition) is 5. The Morgan fingerprint density at radius 3 is 2.95 bits per heavy atom. The van der Waals surface area contributed by atoms with Gasteiger partial charge >= 0.3 is 0 Å². The second kappa shape index (κ2) is 7.75. The maximum Gasteiger partial charge on any atom is 0.226 e. The molecule has 2 aromatic heterocycles. The first-order chi connectivity index (χ1) is 9.81. The van der Waals surface area contributed by atoms with Gasteiger partial charge < -0.3 is 10.3 Å². The fraction of sp³-hybridized carbons (Fsp3) is 0.533. The van der Waals surface area contributed by atoms with Crippen LogP contribution in [0.3, 0.4) is 0 Å². The molecule has 0 aliphatic carbocycles. The Morgan fingerprint density at radius 1 is 1.35 bits per heavy atom. The van der Waals surface area contributed by atoms with E-state index in [0.717, 1.165) is 49.5 Å². The van der Waals surface area contributed by atoms with Crippen LogP contribution in [0.25, 0.3) is 0 Å². The summed E-state index contributed by atoms with van der Waals surface area (Å²) >= 11 is 0. The standard InChI is InChI=1S/C15H22N4O/c1-2-12(7-8-16)5-6-15-18-14(19-20-15)10-13-4-3-9-17-11-13/h3-4,9,11-12H,2,5-8,10,16H2,1H3. The van der Waals surface area contributed by atoms with E-state index in [2.05, 4.69) is 22.0 Å². The zero-order valence-corrected chi connectivity index (χ0v) is 12.0. The molecule has 2 N–H and O–H groups in total. The highest BCUT2D eigenvalue weighted by atomic mass is 16.5. The van der Waals surface area contributed by atoms with E-state index in [1.807, 2.05) is 18.3 Å². The number of pyridine rings is 1. The fourth-order valence-electron chi connectivity index (χ4n) is 2.26. The highest BCUT2D eigenvalue weighted by Gasteiger charge is 2.11. The molecule has 2 aromatic rings. The molecule has 1 atom stereocenters. The first-order valence-corrected chi connectivity index (χ1v) is 7.22. The fourth-order valence-corrected chi connectivity index (χ4v) is 2.26. The molecule has 0 bridgehead atoms. The summed E-state index contributed by atoms with van der Waals surface area (Å²) in [6.45, 7) is 2.94.